The Bertz CT molecular complexity index is 438. The van der Waals surface area contributed by atoms with E-state index in [1.54, 1.807) is 6.92 Å². The number of rotatable bonds is 7. The third-order valence-corrected chi connectivity index (χ3v) is 5.36. The van der Waals surface area contributed by atoms with Crippen molar-refractivity contribution in [3.05, 3.63) is 0 Å². The molecule has 2 aliphatic rings. The number of likely N-dealkylation sites (N-methyl/N-ethyl adjacent to an activating group) is 1. The van der Waals surface area contributed by atoms with Gasteiger partial charge in [0, 0.05) is 6.04 Å². The summed E-state index contributed by atoms with van der Waals surface area (Å²) in [7, 11) is 0. The van der Waals surface area contributed by atoms with Crippen molar-refractivity contribution >= 4 is 12.1 Å². The van der Waals surface area contributed by atoms with Gasteiger partial charge in [0.15, 0.2) is 12.6 Å². The van der Waals surface area contributed by atoms with Crippen LogP contribution in [0.5, 0.6) is 0 Å². The van der Waals surface area contributed by atoms with Gasteiger partial charge in [-0.3, -0.25) is 0 Å². The monoisotopic (exact) mass is 329 g/mol. The molecule has 4 N–H and O–H groups in total. The van der Waals surface area contributed by atoms with Crippen LogP contribution in [0.15, 0.2) is 0 Å². The fraction of sp³-hybridized carbons (Fsp3) is 0.875. The number of aliphatic carboxylic acids is 1. The number of nitrogens with two attached hydrogens (primary N) is 1. The highest BCUT2D eigenvalue weighted by atomic mass is 16.6. The fourth-order valence-electron chi connectivity index (χ4n) is 3.86. The summed E-state index contributed by atoms with van der Waals surface area (Å²) in [5.41, 5.74) is 6.14. The number of aliphatic hydroxyl groups excluding tert-OH is 1. The van der Waals surface area contributed by atoms with E-state index < -0.39 is 30.3 Å². The van der Waals surface area contributed by atoms with Crippen molar-refractivity contribution in [2.24, 2.45) is 11.7 Å². The first-order chi connectivity index (χ1) is 10.9. The van der Waals surface area contributed by atoms with Crippen LogP contribution in [0.25, 0.3) is 0 Å². The Morgan fingerprint density at radius 3 is 2.61 bits per heavy atom. The molecule has 23 heavy (non-hydrogen) atoms. The van der Waals surface area contributed by atoms with Crippen LogP contribution >= 0.6 is 0 Å². The molecule has 1 amide bonds. The lowest BCUT2D eigenvalue weighted by Gasteiger charge is -2.29. The van der Waals surface area contributed by atoms with E-state index in [1.165, 1.54) is 19.3 Å². The van der Waals surface area contributed by atoms with Crippen molar-refractivity contribution in [1.82, 2.24) is 0 Å². The number of carbonyl (C=O) groups excluding carboxylic acids is 1. The molecule has 1 unspecified atom stereocenters. The van der Waals surface area contributed by atoms with Crippen LogP contribution in [-0.2, 0) is 9.53 Å². The Morgan fingerprint density at radius 2 is 2.04 bits per heavy atom. The maximum atomic E-state index is 12.1. The number of nitrogens with zero attached hydrogens (tertiary/aromatic N) is 1. The summed E-state index contributed by atoms with van der Waals surface area (Å²) >= 11 is 0. The second-order valence-electron chi connectivity index (χ2n) is 7.01. The molecule has 1 heterocycles. The van der Waals surface area contributed by atoms with E-state index in [0.29, 0.717) is 12.5 Å². The Balaban J connectivity index is 1.95. The second-order valence-corrected chi connectivity index (χ2v) is 7.01. The van der Waals surface area contributed by atoms with Gasteiger partial charge in [0.1, 0.15) is 12.6 Å². The molecule has 0 aromatic carbocycles. The standard InChI is InChI=1S/C16H28N2O5/c1-2-18(10-14(19)20)9-13(23-16(18)22)15(21)12(17)8-11-6-4-3-5-7-11/h11-13,15,21H,2-10,17H2,1H3/p+1/t12-,13-,15+,18?/m0/s1. The molecule has 0 bridgehead atoms. The van der Waals surface area contributed by atoms with Gasteiger partial charge >= 0.3 is 12.1 Å². The first-order valence-electron chi connectivity index (χ1n) is 8.60. The number of aliphatic hydroxyl groups is 1. The molecule has 0 spiro atoms. The molecular weight excluding hydrogens is 300 g/mol. The molecular formula is C16H29N2O5+. The average Bonchev–Trinajstić information content (AvgIpc) is 2.84. The highest BCUT2D eigenvalue weighted by Crippen LogP contribution is 2.30. The largest absolute Gasteiger partial charge is 0.517 e. The van der Waals surface area contributed by atoms with Crippen LogP contribution in [-0.4, -0.2) is 64.6 Å². The van der Waals surface area contributed by atoms with Gasteiger partial charge in [-0.2, -0.15) is 4.79 Å². The van der Waals surface area contributed by atoms with Crippen molar-refractivity contribution in [3.63, 3.8) is 0 Å². The Kier molecular flexibility index (Phi) is 6.00. The lowest BCUT2D eigenvalue weighted by Crippen LogP contribution is -2.54. The number of ether oxygens (including phenoxy) is 1. The smallest absolute Gasteiger partial charge is 0.477 e. The van der Waals surface area contributed by atoms with E-state index in [-0.39, 0.29) is 17.6 Å². The van der Waals surface area contributed by atoms with Crippen LogP contribution in [0.3, 0.4) is 0 Å². The van der Waals surface area contributed by atoms with Gasteiger partial charge in [-0.25, -0.2) is 9.28 Å². The zero-order valence-corrected chi connectivity index (χ0v) is 13.8. The minimum Gasteiger partial charge on any atom is -0.477 e. The first-order valence-corrected chi connectivity index (χ1v) is 8.60. The molecule has 1 aliphatic carbocycles. The summed E-state index contributed by atoms with van der Waals surface area (Å²) in [6.45, 7) is 1.92. The molecule has 1 saturated carbocycles. The number of cyclic esters (lactones) is 1. The quantitative estimate of drug-likeness (QED) is 0.603. The minimum absolute atomic E-state index is 0.168. The molecule has 7 nitrogen and oxygen atoms in total. The number of carboxylic acids is 1. The van der Waals surface area contributed by atoms with Crippen LogP contribution < -0.4 is 5.73 Å². The minimum atomic E-state index is -1.05. The summed E-state index contributed by atoms with van der Waals surface area (Å²) in [6, 6.07) is -0.447. The number of quaternary nitrogens is 1. The SMILES string of the molecule is CC[N+]1(CC(=O)O)C[C@@H]([C@H](O)[C@@H](N)CC2CCCCC2)OC1=O. The lowest BCUT2D eigenvalue weighted by molar-refractivity contribution is -0.834. The molecule has 0 aromatic rings. The number of carbonyl (C=O) groups is 2. The molecule has 2 fully saturated rings. The lowest BCUT2D eigenvalue weighted by atomic mass is 9.83. The maximum Gasteiger partial charge on any atom is 0.517 e. The van der Waals surface area contributed by atoms with Crippen LogP contribution in [0.1, 0.15) is 45.4 Å². The van der Waals surface area contributed by atoms with Gasteiger partial charge in [0.25, 0.3) is 0 Å². The van der Waals surface area contributed by atoms with Crippen molar-refractivity contribution in [1.29, 1.82) is 0 Å². The van der Waals surface area contributed by atoms with Gasteiger partial charge in [0.05, 0.1) is 6.54 Å². The number of hydrogen-bond donors (Lipinski definition) is 3. The van der Waals surface area contributed by atoms with Gasteiger partial charge in [-0.05, 0) is 19.3 Å². The number of hydrogen-bond acceptors (Lipinski definition) is 5. The highest BCUT2D eigenvalue weighted by Gasteiger charge is 2.52. The molecule has 1 saturated heterocycles. The third-order valence-electron chi connectivity index (χ3n) is 5.36. The van der Waals surface area contributed by atoms with E-state index in [0.717, 1.165) is 19.3 Å². The Hall–Kier alpha value is -1.18. The van der Waals surface area contributed by atoms with Crippen molar-refractivity contribution < 1.29 is 29.0 Å². The molecule has 4 atom stereocenters. The first kappa shape index (κ1) is 18.2. The highest BCUT2D eigenvalue weighted by molar-refractivity contribution is 5.72. The molecule has 7 heteroatoms. The normalized spacial score (nSPS) is 31.6. The van der Waals surface area contributed by atoms with E-state index in [4.69, 9.17) is 15.6 Å². The van der Waals surface area contributed by atoms with Gasteiger partial charge in [-0.1, -0.05) is 32.1 Å². The van der Waals surface area contributed by atoms with Gasteiger partial charge in [0.2, 0.25) is 0 Å². The van der Waals surface area contributed by atoms with Crippen molar-refractivity contribution in [2.45, 2.75) is 63.7 Å². The van der Waals surface area contributed by atoms with Crippen LogP contribution in [0.4, 0.5) is 4.79 Å². The predicted molar refractivity (Wildman–Crippen MR) is 83.6 cm³/mol. The maximum absolute atomic E-state index is 12.1. The number of amides is 1. The van der Waals surface area contributed by atoms with E-state index in [9.17, 15) is 14.7 Å². The fourth-order valence-corrected chi connectivity index (χ4v) is 3.86. The van der Waals surface area contributed by atoms with E-state index >= 15 is 0 Å². The predicted octanol–water partition coefficient (Wildman–Crippen LogP) is 1.09. The van der Waals surface area contributed by atoms with Gasteiger partial charge in [-0.15, -0.1) is 0 Å². The molecule has 2 rings (SSSR count). The second kappa shape index (κ2) is 7.59. The van der Waals surface area contributed by atoms with E-state index in [2.05, 4.69) is 0 Å². The molecule has 1 aliphatic heterocycles. The van der Waals surface area contributed by atoms with E-state index in [1.807, 2.05) is 0 Å². The third kappa shape index (κ3) is 4.22. The summed E-state index contributed by atoms with van der Waals surface area (Å²) in [5, 5.41) is 19.5. The van der Waals surface area contributed by atoms with Gasteiger partial charge < -0.3 is 20.7 Å². The zero-order valence-electron chi connectivity index (χ0n) is 13.8. The average molecular weight is 329 g/mol. The van der Waals surface area contributed by atoms with Crippen LogP contribution in [0, 0.1) is 5.92 Å². The Labute approximate surface area is 137 Å². The summed E-state index contributed by atoms with van der Waals surface area (Å²) < 4.78 is 5.00. The summed E-state index contributed by atoms with van der Waals surface area (Å²) in [5.74, 6) is -0.527. The summed E-state index contributed by atoms with van der Waals surface area (Å²) in [4.78, 5) is 23.2. The molecule has 0 aromatic heterocycles. The molecule has 0 radical (unpaired) electrons. The number of carboxylic acid groups (broad SMARTS) is 1. The summed E-state index contributed by atoms with van der Waals surface area (Å²) in [6.07, 6.45) is 4.43. The topological polar surface area (TPSA) is 110 Å². The molecule has 132 valence electrons. The Morgan fingerprint density at radius 1 is 1.39 bits per heavy atom. The zero-order chi connectivity index (χ0) is 17.0. The van der Waals surface area contributed by atoms with Crippen molar-refractivity contribution in [3.8, 4) is 0 Å². The van der Waals surface area contributed by atoms with Crippen LogP contribution in [0.2, 0.25) is 0 Å². The van der Waals surface area contributed by atoms with Crippen molar-refractivity contribution in [2.75, 3.05) is 19.6 Å².